The van der Waals surface area contributed by atoms with Crippen molar-refractivity contribution in [1.29, 1.82) is 0 Å². The fourth-order valence-corrected chi connectivity index (χ4v) is 5.09. The monoisotopic (exact) mass is 488 g/mol. The maximum Gasteiger partial charge on any atom is 0.334 e. The smallest absolute Gasteiger partial charge is 0.334 e. The van der Waals surface area contributed by atoms with Gasteiger partial charge in [0.2, 0.25) is 0 Å². The Balaban J connectivity index is 1.79. The molecule has 2 rings (SSSR count). The largest absolute Gasteiger partial charge is 0.480 e. The van der Waals surface area contributed by atoms with Crippen molar-refractivity contribution >= 4 is 23.7 Å². The van der Waals surface area contributed by atoms with Crippen molar-refractivity contribution in [3.05, 3.63) is 71.3 Å². The lowest BCUT2D eigenvalue weighted by atomic mass is 9.96. The van der Waals surface area contributed by atoms with Crippen LogP contribution in [-0.4, -0.2) is 52.3 Å². The third kappa shape index (κ3) is 10.7. The van der Waals surface area contributed by atoms with Crippen LogP contribution in [0.4, 0.5) is 0 Å². The Morgan fingerprint density at radius 2 is 1.44 bits per heavy atom. The van der Waals surface area contributed by atoms with Crippen molar-refractivity contribution in [2.24, 2.45) is 0 Å². The van der Waals surface area contributed by atoms with Gasteiger partial charge in [-0.3, -0.25) is 0 Å². The third-order valence-electron chi connectivity index (χ3n) is 5.66. The average molecular weight is 489 g/mol. The van der Waals surface area contributed by atoms with E-state index in [0.29, 0.717) is 5.75 Å². The van der Waals surface area contributed by atoms with Gasteiger partial charge in [0.1, 0.15) is 6.61 Å². The van der Waals surface area contributed by atoms with Crippen LogP contribution in [0.2, 0.25) is 0 Å². The van der Waals surface area contributed by atoms with Crippen molar-refractivity contribution < 1.29 is 29.6 Å². The standard InChI is InChI=1S/C27H36O6S/c28-24(29)20-33-18-19-34-26(25(30)27(31)32)23-17-11-10-16-22(23)15-9-4-2-1-3-6-12-21-13-7-5-8-14-21/h5,7-8,10-11,13-14,16-17,25-26,30H,1-4,6,9,12,15,18-20H2,(H,28,29)(H,31,32). The summed E-state index contributed by atoms with van der Waals surface area (Å²) in [7, 11) is 0. The molecule has 0 amide bonds. The zero-order chi connectivity index (χ0) is 24.6. The lowest BCUT2D eigenvalue weighted by Gasteiger charge is -2.23. The molecule has 186 valence electrons. The number of aryl methyl sites for hydroxylation is 2. The van der Waals surface area contributed by atoms with Gasteiger partial charge in [-0.05, 0) is 42.4 Å². The van der Waals surface area contributed by atoms with Crippen LogP contribution in [0, 0.1) is 0 Å². The number of ether oxygens (including phenoxy) is 1. The van der Waals surface area contributed by atoms with Gasteiger partial charge in [0, 0.05) is 5.75 Å². The Hall–Kier alpha value is -2.35. The highest BCUT2D eigenvalue weighted by molar-refractivity contribution is 7.99. The summed E-state index contributed by atoms with van der Waals surface area (Å²) in [5.74, 6) is -1.93. The molecule has 6 nitrogen and oxygen atoms in total. The van der Waals surface area contributed by atoms with Gasteiger partial charge in [-0.2, -0.15) is 0 Å². The molecule has 2 aromatic carbocycles. The Kier molecular flexibility index (Phi) is 13.4. The van der Waals surface area contributed by atoms with Gasteiger partial charge >= 0.3 is 11.9 Å². The number of carboxylic acid groups (broad SMARTS) is 2. The first-order valence-electron chi connectivity index (χ1n) is 11.9. The molecular weight excluding hydrogens is 452 g/mol. The van der Waals surface area contributed by atoms with E-state index in [1.165, 1.54) is 43.0 Å². The molecule has 0 fully saturated rings. The number of aliphatic hydroxyl groups is 1. The minimum absolute atomic E-state index is 0.173. The first-order valence-corrected chi connectivity index (χ1v) is 13.0. The van der Waals surface area contributed by atoms with Crippen LogP contribution in [0.3, 0.4) is 0 Å². The topological polar surface area (TPSA) is 104 Å². The molecule has 2 unspecified atom stereocenters. The number of thioether (sulfide) groups is 1. The Morgan fingerprint density at radius 3 is 2.12 bits per heavy atom. The summed E-state index contributed by atoms with van der Waals surface area (Å²) in [6.45, 7) is -0.220. The number of aliphatic carboxylic acids is 2. The molecule has 2 atom stereocenters. The van der Waals surface area contributed by atoms with E-state index in [9.17, 15) is 19.8 Å². The summed E-state index contributed by atoms with van der Waals surface area (Å²) in [6, 6.07) is 18.2. The maximum atomic E-state index is 11.5. The molecule has 0 aliphatic rings. The number of carbonyl (C=O) groups is 2. The summed E-state index contributed by atoms with van der Waals surface area (Å²) in [6.07, 6.45) is 7.35. The Labute approximate surface area is 206 Å². The van der Waals surface area contributed by atoms with E-state index in [4.69, 9.17) is 9.84 Å². The Bertz CT molecular complexity index is 857. The van der Waals surface area contributed by atoms with Crippen LogP contribution < -0.4 is 0 Å². The SMILES string of the molecule is O=C(O)COCCSC(c1ccccc1CCCCCCCCc1ccccc1)C(O)C(=O)O. The van der Waals surface area contributed by atoms with E-state index in [1.807, 2.05) is 30.3 Å². The fraction of sp³-hybridized carbons (Fsp3) is 0.481. The summed E-state index contributed by atoms with van der Waals surface area (Å²) in [4.78, 5) is 22.1. The third-order valence-corrected chi connectivity index (χ3v) is 6.93. The molecule has 0 aliphatic carbocycles. The van der Waals surface area contributed by atoms with Gasteiger partial charge < -0.3 is 20.1 Å². The first kappa shape index (κ1) is 27.9. The minimum atomic E-state index is -1.55. The number of unbranched alkanes of at least 4 members (excludes halogenated alkanes) is 5. The van der Waals surface area contributed by atoms with E-state index < -0.39 is 29.9 Å². The van der Waals surface area contributed by atoms with Crippen LogP contribution in [0.15, 0.2) is 54.6 Å². The summed E-state index contributed by atoms with van der Waals surface area (Å²) in [5.41, 5.74) is 3.27. The zero-order valence-corrected chi connectivity index (χ0v) is 20.4. The average Bonchev–Trinajstić information content (AvgIpc) is 2.83. The second-order valence-electron chi connectivity index (χ2n) is 8.33. The predicted octanol–water partition coefficient (Wildman–Crippen LogP) is 5.13. The van der Waals surface area contributed by atoms with E-state index in [2.05, 4.69) is 24.3 Å². The normalized spacial score (nSPS) is 12.9. The first-order chi connectivity index (χ1) is 16.5. The van der Waals surface area contributed by atoms with E-state index >= 15 is 0 Å². The quantitative estimate of drug-likeness (QED) is 0.250. The second-order valence-corrected chi connectivity index (χ2v) is 9.58. The molecule has 2 aromatic rings. The molecular formula is C27H36O6S. The number of rotatable bonds is 18. The zero-order valence-electron chi connectivity index (χ0n) is 19.6. The lowest BCUT2D eigenvalue weighted by molar-refractivity contribution is -0.146. The molecule has 0 saturated carbocycles. The number of aliphatic hydroxyl groups excluding tert-OH is 1. The molecule has 0 bridgehead atoms. The van der Waals surface area contributed by atoms with E-state index in [0.717, 1.165) is 36.8 Å². The van der Waals surface area contributed by atoms with Gasteiger partial charge in [0.25, 0.3) is 0 Å². The highest BCUT2D eigenvalue weighted by Gasteiger charge is 2.29. The molecule has 0 spiro atoms. The molecule has 34 heavy (non-hydrogen) atoms. The molecule has 3 N–H and O–H groups in total. The second kappa shape index (κ2) is 16.3. The molecule has 0 radical (unpaired) electrons. The highest BCUT2D eigenvalue weighted by Crippen LogP contribution is 2.35. The minimum Gasteiger partial charge on any atom is -0.480 e. The molecule has 0 aromatic heterocycles. The lowest BCUT2D eigenvalue weighted by Crippen LogP contribution is -2.27. The van der Waals surface area contributed by atoms with Crippen LogP contribution in [0.5, 0.6) is 0 Å². The van der Waals surface area contributed by atoms with Gasteiger partial charge in [-0.25, -0.2) is 9.59 Å². The van der Waals surface area contributed by atoms with E-state index in [1.54, 1.807) is 0 Å². The van der Waals surface area contributed by atoms with Crippen molar-refractivity contribution in [3.8, 4) is 0 Å². The van der Waals surface area contributed by atoms with Crippen LogP contribution >= 0.6 is 11.8 Å². The van der Waals surface area contributed by atoms with Crippen LogP contribution in [0.1, 0.15) is 60.5 Å². The van der Waals surface area contributed by atoms with Crippen LogP contribution in [0.25, 0.3) is 0 Å². The molecule has 0 aliphatic heterocycles. The molecule has 0 heterocycles. The Morgan fingerprint density at radius 1 is 0.824 bits per heavy atom. The van der Waals surface area contributed by atoms with Gasteiger partial charge in [0.15, 0.2) is 6.10 Å². The van der Waals surface area contributed by atoms with Crippen molar-refractivity contribution in [3.63, 3.8) is 0 Å². The molecule has 7 heteroatoms. The van der Waals surface area contributed by atoms with Gasteiger partial charge in [-0.15, -0.1) is 11.8 Å². The van der Waals surface area contributed by atoms with Crippen molar-refractivity contribution in [1.82, 2.24) is 0 Å². The predicted molar refractivity (Wildman–Crippen MR) is 135 cm³/mol. The maximum absolute atomic E-state index is 11.5. The van der Waals surface area contributed by atoms with E-state index in [-0.39, 0.29) is 6.61 Å². The van der Waals surface area contributed by atoms with Gasteiger partial charge in [0.05, 0.1) is 11.9 Å². The number of hydrogen-bond donors (Lipinski definition) is 3. The van der Waals surface area contributed by atoms with Crippen LogP contribution in [-0.2, 0) is 27.2 Å². The summed E-state index contributed by atoms with van der Waals surface area (Å²) < 4.78 is 5.05. The highest BCUT2D eigenvalue weighted by atomic mass is 32.2. The number of hydrogen-bond acceptors (Lipinski definition) is 5. The fourth-order valence-electron chi connectivity index (χ4n) is 3.91. The van der Waals surface area contributed by atoms with Crippen molar-refractivity contribution in [2.45, 2.75) is 62.7 Å². The van der Waals surface area contributed by atoms with Crippen molar-refractivity contribution in [2.75, 3.05) is 19.0 Å². The summed E-state index contributed by atoms with van der Waals surface area (Å²) in [5, 5.41) is 27.7. The summed E-state index contributed by atoms with van der Waals surface area (Å²) >= 11 is 1.28. The molecule has 0 saturated heterocycles. The van der Waals surface area contributed by atoms with Gasteiger partial charge in [-0.1, -0.05) is 80.3 Å². The number of carboxylic acids is 2. The number of benzene rings is 2.